The molecule has 140 valence electrons. The van der Waals surface area contributed by atoms with Gasteiger partial charge in [-0.15, -0.1) is 0 Å². The van der Waals surface area contributed by atoms with E-state index in [1.807, 2.05) is 13.0 Å². The van der Waals surface area contributed by atoms with Crippen molar-refractivity contribution in [1.82, 2.24) is 9.80 Å². The van der Waals surface area contributed by atoms with Crippen molar-refractivity contribution in [3.8, 4) is 5.75 Å². The van der Waals surface area contributed by atoms with E-state index in [1.54, 1.807) is 0 Å². The second kappa shape index (κ2) is 9.53. The Hall–Kier alpha value is -1.14. The molecule has 0 bridgehead atoms. The molecule has 2 fully saturated rings. The topological polar surface area (TPSA) is 45.2 Å². The minimum absolute atomic E-state index is 0.246. The normalized spacial score (nSPS) is 23.7. The molecular formula is C20H32N2O3. The van der Waals surface area contributed by atoms with Gasteiger partial charge in [-0.3, -0.25) is 9.80 Å². The van der Waals surface area contributed by atoms with Gasteiger partial charge in [-0.1, -0.05) is 18.2 Å². The molecule has 5 nitrogen and oxygen atoms in total. The van der Waals surface area contributed by atoms with Crippen molar-refractivity contribution in [3.63, 3.8) is 0 Å². The number of piperazine rings is 1. The van der Waals surface area contributed by atoms with E-state index in [9.17, 15) is 5.11 Å². The fourth-order valence-corrected chi connectivity index (χ4v) is 4.08. The molecule has 0 unspecified atom stereocenters. The number of benzene rings is 1. The molecule has 2 saturated heterocycles. The molecule has 25 heavy (non-hydrogen) atoms. The number of rotatable bonds is 7. The maximum Gasteiger partial charge on any atom is 0.123 e. The Labute approximate surface area is 151 Å². The van der Waals surface area contributed by atoms with Gasteiger partial charge in [-0.05, 0) is 32.3 Å². The molecule has 1 aromatic carbocycles. The third kappa shape index (κ3) is 4.94. The first kappa shape index (κ1) is 18.6. The fourth-order valence-electron chi connectivity index (χ4n) is 4.08. The van der Waals surface area contributed by atoms with Crippen molar-refractivity contribution < 1.29 is 14.6 Å². The number of hydrogen-bond acceptors (Lipinski definition) is 5. The molecule has 2 heterocycles. The first-order chi connectivity index (χ1) is 12.3. The van der Waals surface area contributed by atoms with Crippen molar-refractivity contribution in [2.75, 3.05) is 46.1 Å². The predicted octanol–water partition coefficient (Wildman–Crippen LogP) is 2.13. The van der Waals surface area contributed by atoms with Crippen LogP contribution in [0.3, 0.4) is 0 Å². The third-order valence-corrected chi connectivity index (χ3v) is 5.45. The van der Waals surface area contributed by atoms with Gasteiger partial charge in [0.05, 0.1) is 6.61 Å². The molecule has 3 rings (SSSR count). The Morgan fingerprint density at radius 3 is 2.76 bits per heavy atom. The van der Waals surface area contributed by atoms with Crippen LogP contribution in [0.5, 0.6) is 5.75 Å². The number of aliphatic hydroxyl groups is 1. The van der Waals surface area contributed by atoms with Gasteiger partial charge < -0.3 is 14.6 Å². The molecule has 1 N–H and O–H groups in total. The van der Waals surface area contributed by atoms with E-state index in [0.29, 0.717) is 18.7 Å². The summed E-state index contributed by atoms with van der Waals surface area (Å²) in [4.78, 5) is 5.14. The lowest BCUT2D eigenvalue weighted by atomic mass is 10.0. The highest BCUT2D eigenvalue weighted by atomic mass is 16.5. The molecule has 1 atom stereocenters. The SMILES string of the molecule is CCOc1ccccc1CN1CCN(C2CCOCC2)C[C@H]1CCO. The van der Waals surface area contributed by atoms with E-state index in [0.717, 1.165) is 64.4 Å². The second-order valence-corrected chi connectivity index (χ2v) is 7.02. The van der Waals surface area contributed by atoms with Crippen LogP contribution in [0.25, 0.3) is 0 Å². The minimum Gasteiger partial charge on any atom is -0.494 e. The van der Waals surface area contributed by atoms with Crippen molar-refractivity contribution in [3.05, 3.63) is 29.8 Å². The third-order valence-electron chi connectivity index (χ3n) is 5.45. The molecule has 0 spiro atoms. The Kier molecular flexibility index (Phi) is 7.11. The van der Waals surface area contributed by atoms with E-state index in [-0.39, 0.29) is 6.61 Å². The van der Waals surface area contributed by atoms with Crippen LogP contribution in [0, 0.1) is 0 Å². The van der Waals surface area contributed by atoms with E-state index in [1.165, 1.54) is 5.56 Å². The Bertz CT molecular complexity index is 519. The second-order valence-electron chi connectivity index (χ2n) is 7.02. The molecule has 0 aromatic heterocycles. The van der Waals surface area contributed by atoms with Gasteiger partial charge in [0.1, 0.15) is 5.75 Å². The minimum atomic E-state index is 0.246. The summed E-state index contributed by atoms with van der Waals surface area (Å²) in [6.45, 7) is 8.81. The van der Waals surface area contributed by atoms with E-state index in [2.05, 4.69) is 28.0 Å². The highest BCUT2D eigenvalue weighted by molar-refractivity contribution is 5.33. The van der Waals surface area contributed by atoms with Crippen LogP contribution in [0.15, 0.2) is 24.3 Å². The molecule has 5 heteroatoms. The van der Waals surface area contributed by atoms with Gasteiger partial charge in [0.15, 0.2) is 0 Å². The summed E-state index contributed by atoms with van der Waals surface area (Å²) < 4.78 is 11.3. The highest BCUT2D eigenvalue weighted by Crippen LogP contribution is 2.25. The summed E-state index contributed by atoms with van der Waals surface area (Å²) in [5, 5.41) is 9.55. The average molecular weight is 348 g/mol. The van der Waals surface area contributed by atoms with E-state index < -0.39 is 0 Å². The lowest BCUT2D eigenvalue weighted by molar-refractivity contribution is -0.0118. The van der Waals surface area contributed by atoms with Crippen LogP contribution in [-0.4, -0.2) is 73.1 Å². The lowest BCUT2D eigenvalue weighted by Gasteiger charge is -2.45. The van der Waals surface area contributed by atoms with Gasteiger partial charge in [0.25, 0.3) is 0 Å². The monoisotopic (exact) mass is 348 g/mol. The molecule has 0 saturated carbocycles. The molecule has 2 aliphatic heterocycles. The molecular weight excluding hydrogens is 316 g/mol. The van der Waals surface area contributed by atoms with Crippen molar-refractivity contribution >= 4 is 0 Å². The van der Waals surface area contributed by atoms with Crippen molar-refractivity contribution in [1.29, 1.82) is 0 Å². The average Bonchev–Trinajstić information content (AvgIpc) is 2.66. The Morgan fingerprint density at radius 1 is 1.20 bits per heavy atom. The first-order valence-corrected chi connectivity index (χ1v) is 9.69. The van der Waals surface area contributed by atoms with Gasteiger partial charge >= 0.3 is 0 Å². The maximum atomic E-state index is 9.55. The van der Waals surface area contributed by atoms with Crippen LogP contribution < -0.4 is 4.74 Å². The summed E-state index contributed by atoms with van der Waals surface area (Å²) in [5.41, 5.74) is 1.24. The van der Waals surface area contributed by atoms with Crippen LogP contribution >= 0.6 is 0 Å². The predicted molar refractivity (Wildman–Crippen MR) is 98.9 cm³/mol. The molecule has 2 aliphatic rings. The quantitative estimate of drug-likeness (QED) is 0.818. The zero-order valence-corrected chi connectivity index (χ0v) is 15.4. The van der Waals surface area contributed by atoms with Gasteiger partial charge in [-0.25, -0.2) is 0 Å². The van der Waals surface area contributed by atoms with Gasteiger partial charge in [0.2, 0.25) is 0 Å². The van der Waals surface area contributed by atoms with Crippen molar-refractivity contribution in [2.45, 2.75) is 44.8 Å². The number of hydrogen-bond donors (Lipinski definition) is 1. The molecule has 0 amide bonds. The van der Waals surface area contributed by atoms with Crippen LogP contribution in [-0.2, 0) is 11.3 Å². The zero-order chi connectivity index (χ0) is 17.5. The van der Waals surface area contributed by atoms with Gasteiger partial charge in [0, 0.05) is 63.6 Å². The number of aliphatic hydroxyl groups excluding tert-OH is 1. The van der Waals surface area contributed by atoms with Crippen molar-refractivity contribution in [2.24, 2.45) is 0 Å². The van der Waals surface area contributed by atoms with Crippen LogP contribution in [0.2, 0.25) is 0 Å². The smallest absolute Gasteiger partial charge is 0.123 e. The highest BCUT2D eigenvalue weighted by Gasteiger charge is 2.31. The molecule has 0 aliphatic carbocycles. The Balaban J connectivity index is 1.65. The largest absolute Gasteiger partial charge is 0.494 e. The first-order valence-electron chi connectivity index (χ1n) is 9.69. The standard InChI is InChI=1S/C20H32N2O3/c1-2-25-20-6-4-3-5-17(20)15-21-10-11-22(16-19(21)7-12-23)18-8-13-24-14-9-18/h3-6,18-19,23H,2,7-16H2,1H3/t19-/m1/s1. The van der Waals surface area contributed by atoms with E-state index >= 15 is 0 Å². The van der Waals surface area contributed by atoms with Crippen LogP contribution in [0.4, 0.5) is 0 Å². The summed E-state index contributed by atoms with van der Waals surface area (Å²) in [6, 6.07) is 9.37. The molecule has 1 aromatic rings. The Morgan fingerprint density at radius 2 is 2.00 bits per heavy atom. The summed E-state index contributed by atoms with van der Waals surface area (Å²) >= 11 is 0. The number of nitrogens with zero attached hydrogens (tertiary/aromatic N) is 2. The van der Waals surface area contributed by atoms with Crippen LogP contribution in [0.1, 0.15) is 31.7 Å². The number of ether oxygens (including phenoxy) is 2. The summed E-state index contributed by atoms with van der Waals surface area (Å²) in [7, 11) is 0. The van der Waals surface area contributed by atoms with Gasteiger partial charge in [-0.2, -0.15) is 0 Å². The lowest BCUT2D eigenvalue weighted by Crippen LogP contribution is -2.56. The fraction of sp³-hybridized carbons (Fsp3) is 0.700. The summed E-state index contributed by atoms with van der Waals surface area (Å²) in [6.07, 6.45) is 3.11. The summed E-state index contributed by atoms with van der Waals surface area (Å²) in [5.74, 6) is 0.986. The van der Waals surface area contributed by atoms with E-state index in [4.69, 9.17) is 9.47 Å². The maximum absolute atomic E-state index is 9.55. The molecule has 0 radical (unpaired) electrons. The number of para-hydroxylation sites is 1. The zero-order valence-electron chi connectivity index (χ0n) is 15.4.